The van der Waals surface area contributed by atoms with E-state index in [1.165, 1.54) is 5.57 Å². The molecule has 0 atom stereocenters. The summed E-state index contributed by atoms with van der Waals surface area (Å²) in [7, 11) is 1.70. The van der Waals surface area contributed by atoms with E-state index >= 15 is 0 Å². The van der Waals surface area contributed by atoms with Gasteiger partial charge in [0.2, 0.25) is 0 Å². The SMILES string of the molecule is COCC1=CC=CC=CC=C1. The molecule has 0 heterocycles. The van der Waals surface area contributed by atoms with Gasteiger partial charge >= 0.3 is 0 Å². The Bertz CT molecular complexity index is 219. The summed E-state index contributed by atoms with van der Waals surface area (Å²) in [5.41, 5.74) is 1.19. The standard InChI is InChI=1S/C10H12O/c1-11-9-10-7-5-3-2-4-6-8-10/h2-8H,9H2,1H3. The van der Waals surface area contributed by atoms with Gasteiger partial charge in [0.25, 0.3) is 0 Å². The van der Waals surface area contributed by atoms with Crippen LogP contribution in [0.25, 0.3) is 0 Å². The van der Waals surface area contributed by atoms with Crippen LogP contribution in [0, 0.1) is 0 Å². The lowest BCUT2D eigenvalue weighted by Gasteiger charge is -1.98. The first-order chi connectivity index (χ1) is 5.43. The molecule has 11 heavy (non-hydrogen) atoms. The number of ether oxygens (including phenoxy) is 1. The topological polar surface area (TPSA) is 9.23 Å². The van der Waals surface area contributed by atoms with Crippen molar-refractivity contribution < 1.29 is 4.74 Å². The first-order valence-corrected chi connectivity index (χ1v) is 3.63. The zero-order chi connectivity index (χ0) is 7.94. The van der Waals surface area contributed by atoms with Gasteiger partial charge in [0.1, 0.15) is 0 Å². The maximum Gasteiger partial charge on any atom is 0.0713 e. The van der Waals surface area contributed by atoms with Gasteiger partial charge in [-0.05, 0) is 5.57 Å². The Labute approximate surface area is 67.4 Å². The molecule has 0 saturated carbocycles. The minimum atomic E-state index is 0.675. The fourth-order valence-corrected chi connectivity index (χ4v) is 0.869. The average Bonchev–Trinajstić information content (AvgIpc) is 1.94. The molecule has 0 amide bonds. The zero-order valence-corrected chi connectivity index (χ0v) is 6.66. The second kappa shape index (κ2) is 4.69. The molecule has 0 N–H and O–H groups in total. The maximum atomic E-state index is 5.00. The molecular formula is C10H12O. The van der Waals surface area contributed by atoms with Crippen LogP contribution in [0.5, 0.6) is 0 Å². The van der Waals surface area contributed by atoms with E-state index in [9.17, 15) is 0 Å². The van der Waals surface area contributed by atoms with Crippen molar-refractivity contribution in [3.05, 3.63) is 48.1 Å². The lowest BCUT2D eigenvalue weighted by Crippen LogP contribution is -1.90. The molecule has 1 nitrogen and oxygen atoms in total. The number of rotatable bonds is 2. The summed E-state index contributed by atoms with van der Waals surface area (Å²) >= 11 is 0. The highest BCUT2D eigenvalue weighted by atomic mass is 16.5. The summed E-state index contributed by atoms with van der Waals surface area (Å²) in [6.45, 7) is 0.675. The lowest BCUT2D eigenvalue weighted by atomic mass is 10.2. The third-order valence-electron chi connectivity index (χ3n) is 1.38. The summed E-state index contributed by atoms with van der Waals surface area (Å²) in [5.74, 6) is 0. The van der Waals surface area contributed by atoms with E-state index in [1.807, 2.05) is 42.5 Å². The smallest absolute Gasteiger partial charge is 0.0713 e. The summed E-state index contributed by atoms with van der Waals surface area (Å²) < 4.78 is 5.00. The van der Waals surface area contributed by atoms with Gasteiger partial charge in [-0.2, -0.15) is 0 Å². The molecule has 0 spiro atoms. The monoisotopic (exact) mass is 148 g/mol. The summed E-state index contributed by atoms with van der Waals surface area (Å²) in [4.78, 5) is 0. The van der Waals surface area contributed by atoms with E-state index in [4.69, 9.17) is 4.74 Å². The molecule has 58 valence electrons. The van der Waals surface area contributed by atoms with Gasteiger partial charge < -0.3 is 4.74 Å². The lowest BCUT2D eigenvalue weighted by molar-refractivity contribution is 0.228. The first kappa shape index (κ1) is 8.02. The molecule has 0 aromatic rings. The molecule has 0 fully saturated rings. The fraction of sp³-hybridized carbons (Fsp3) is 0.200. The molecule has 1 heteroatoms. The Hall–Kier alpha value is -1.08. The van der Waals surface area contributed by atoms with Crippen LogP contribution in [-0.4, -0.2) is 13.7 Å². The molecule has 0 saturated heterocycles. The molecule has 1 aliphatic rings. The van der Waals surface area contributed by atoms with Gasteiger partial charge in [-0.3, -0.25) is 0 Å². The van der Waals surface area contributed by atoms with Crippen molar-refractivity contribution in [1.82, 2.24) is 0 Å². The number of methoxy groups -OCH3 is 1. The van der Waals surface area contributed by atoms with E-state index in [2.05, 4.69) is 0 Å². The van der Waals surface area contributed by atoms with E-state index in [0.29, 0.717) is 6.61 Å². The molecule has 1 rings (SSSR count). The molecule has 1 aliphatic carbocycles. The van der Waals surface area contributed by atoms with Crippen molar-refractivity contribution in [3.63, 3.8) is 0 Å². The van der Waals surface area contributed by atoms with Gasteiger partial charge in [-0.15, -0.1) is 0 Å². The van der Waals surface area contributed by atoms with Crippen LogP contribution in [0.1, 0.15) is 0 Å². The van der Waals surface area contributed by atoms with Crippen LogP contribution in [0.15, 0.2) is 48.1 Å². The van der Waals surface area contributed by atoms with Crippen LogP contribution >= 0.6 is 0 Å². The Morgan fingerprint density at radius 2 is 1.82 bits per heavy atom. The Morgan fingerprint density at radius 3 is 2.64 bits per heavy atom. The molecule has 0 radical (unpaired) electrons. The second-order valence-corrected chi connectivity index (χ2v) is 2.30. The van der Waals surface area contributed by atoms with E-state index in [1.54, 1.807) is 7.11 Å². The van der Waals surface area contributed by atoms with Crippen molar-refractivity contribution in [2.75, 3.05) is 13.7 Å². The number of hydrogen-bond donors (Lipinski definition) is 0. The van der Waals surface area contributed by atoms with E-state index in [0.717, 1.165) is 0 Å². The highest BCUT2D eigenvalue weighted by molar-refractivity contribution is 5.31. The van der Waals surface area contributed by atoms with E-state index < -0.39 is 0 Å². The molecular weight excluding hydrogens is 136 g/mol. The highest BCUT2D eigenvalue weighted by Crippen LogP contribution is 2.00. The molecule has 0 aliphatic heterocycles. The minimum Gasteiger partial charge on any atom is -0.380 e. The van der Waals surface area contributed by atoms with Crippen molar-refractivity contribution in [2.45, 2.75) is 0 Å². The Kier molecular flexibility index (Phi) is 3.42. The van der Waals surface area contributed by atoms with Crippen LogP contribution < -0.4 is 0 Å². The predicted molar refractivity (Wildman–Crippen MR) is 47.4 cm³/mol. The molecule has 0 unspecified atom stereocenters. The zero-order valence-electron chi connectivity index (χ0n) is 6.66. The maximum absolute atomic E-state index is 5.00. The normalized spacial score (nSPS) is 15.9. The van der Waals surface area contributed by atoms with Crippen LogP contribution in [0.2, 0.25) is 0 Å². The third kappa shape index (κ3) is 3.01. The third-order valence-corrected chi connectivity index (χ3v) is 1.38. The molecule has 0 bridgehead atoms. The largest absolute Gasteiger partial charge is 0.380 e. The quantitative estimate of drug-likeness (QED) is 0.583. The fourth-order valence-electron chi connectivity index (χ4n) is 0.869. The predicted octanol–water partition coefficient (Wildman–Crippen LogP) is 2.24. The second-order valence-electron chi connectivity index (χ2n) is 2.30. The van der Waals surface area contributed by atoms with Crippen molar-refractivity contribution in [2.24, 2.45) is 0 Å². The van der Waals surface area contributed by atoms with Gasteiger partial charge in [0.15, 0.2) is 0 Å². The first-order valence-electron chi connectivity index (χ1n) is 3.63. The summed E-state index contributed by atoms with van der Waals surface area (Å²) in [5, 5.41) is 0. The van der Waals surface area contributed by atoms with Gasteiger partial charge in [-0.25, -0.2) is 0 Å². The van der Waals surface area contributed by atoms with Crippen LogP contribution in [0.4, 0.5) is 0 Å². The van der Waals surface area contributed by atoms with Crippen LogP contribution in [-0.2, 0) is 4.74 Å². The summed E-state index contributed by atoms with van der Waals surface area (Å²) in [6, 6.07) is 0. The van der Waals surface area contributed by atoms with E-state index in [-0.39, 0.29) is 0 Å². The molecule has 0 aromatic heterocycles. The Morgan fingerprint density at radius 1 is 1.09 bits per heavy atom. The van der Waals surface area contributed by atoms with Crippen molar-refractivity contribution >= 4 is 0 Å². The molecule has 0 aromatic carbocycles. The number of hydrogen-bond acceptors (Lipinski definition) is 1. The highest BCUT2D eigenvalue weighted by Gasteiger charge is 1.88. The summed E-state index contributed by atoms with van der Waals surface area (Å²) in [6.07, 6.45) is 14.1. The average molecular weight is 148 g/mol. The number of allylic oxidation sites excluding steroid dienone is 6. The van der Waals surface area contributed by atoms with Crippen molar-refractivity contribution in [1.29, 1.82) is 0 Å². The van der Waals surface area contributed by atoms with Gasteiger partial charge in [-0.1, -0.05) is 42.5 Å². The minimum absolute atomic E-state index is 0.675. The van der Waals surface area contributed by atoms with Crippen LogP contribution in [0.3, 0.4) is 0 Å². The van der Waals surface area contributed by atoms with Gasteiger partial charge in [0, 0.05) is 7.11 Å². The van der Waals surface area contributed by atoms with Gasteiger partial charge in [0.05, 0.1) is 6.61 Å². The Balaban J connectivity index is 2.62. The van der Waals surface area contributed by atoms with Crippen molar-refractivity contribution in [3.8, 4) is 0 Å².